The molecule has 0 bridgehead atoms. The zero-order valence-electron chi connectivity index (χ0n) is 19.6. The third-order valence-electron chi connectivity index (χ3n) is 7.37. The van der Waals surface area contributed by atoms with Crippen LogP contribution in [0.15, 0.2) is 53.4 Å². The fourth-order valence-electron chi connectivity index (χ4n) is 5.96. The maximum atomic E-state index is 16.3. The molecule has 0 saturated carbocycles. The normalized spacial score (nSPS) is 17.5. The number of benzene rings is 1. The molecule has 2 aliphatic rings. The fourth-order valence-corrected chi connectivity index (χ4v) is 5.96. The van der Waals surface area contributed by atoms with Crippen molar-refractivity contribution >= 4 is 29.2 Å². The van der Waals surface area contributed by atoms with Crippen molar-refractivity contribution in [2.24, 2.45) is 0 Å². The van der Waals surface area contributed by atoms with Crippen LogP contribution in [0.2, 0.25) is 0 Å². The Morgan fingerprint density at radius 1 is 1.03 bits per heavy atom. The molecule has 0 spiro atoms. The fraction of sp³-hybridized carbons (Fsp3) is 0.308. The number of hydrogen-bond donors (Lipinski definition) is 0. The maximum Gasteiger partial charge on any atom is 0.737 e. The average molecular weight is 431 g/mol. The summed E-state index contributed by atoms with van der Waals surface area (Å²) < 4.78 is 35.2. The van der Waals surface area contributed by atoms with Crippen molar-refractivity contribution < 1.29 is 13.1 Å². The Morgan fingerprint density at radius 2 is 1.75 bits per heavy atom. The molecule has 0 N–H and O–H groups in total. The summed E-state index contributed by atoms with van der Waals surface area (Å²) in [4.78, 5) is 4.67. The maximum absolute atomic E-state index is 16.3. The highest BCUT2D eigenvalue weighted by Crippen LogP contribution is 2.47. The summed E-state index contributed by atoms with van der Waals surface area (Å²) in [6.07, 6.45) is 3.28. The van der Waals surface area contributed by atoms with E-state index < -0.39 is 6.97 Å². The van der Waals surface area contributed by atoms with Gasteiger partial charge in [-0.2, -0.15) is 0 Å². The number of hydrogen-bond acceptors (Lipinski definition) is 1. The number of para-hydroxylation sites is 1. The average Bonchev–Trinajstić information content (AvgIpc) is 3.18. The molecular formula is C26H28BF2N3. The third-order valence-corrected chi connectivity index (χ3v) is 7.37. The molecule has 164 valence electrons. The molecule has 0 saturated heterocycles. The quantitative estimate of drug-likeness (QED) is 0.438. The van der Waals surface area contributed by atoms with Gasteiger partial charge in [0.2, 0.25) is 0 Å². The Labute approximate surface area is 187 Å². The Bertz CT molecular complexity index is 1410. The number of halogens is 2. The highest BCUT2D eigenvalue weighted by Gasteiger charge is 2.56. The second-order valence-corrected chi connectivity index (χ2v) is 8.90. The Morgan fingerprint density at radius 3 is 2.44 bits per heavy atom. The summed E-state index contributed by atoms with van der Waals surface area (Å²) in [5, 5.41) is 1.01. The predicted octanol–water partition coefficient (Wildman–Crippen LogP) is 6.42. The summed E-state index contributed by atoms with van der Waals surface area (Å²) in [5.41, 5.74) is 9.12. The standard InChI is InChI=1S/C26H28BF2N3/c1-7-21-15(3)25-24(20-13-19-11-9-10-12-23(19)30-14-20)26-16(4)22(8-2)18(6)32(26)27(28,29)31(25)17(21)5/h9-14H,7-8H2,1-6H3. The first kappa shape index (κ1) is 20.9. The molecule has 3 aromatic rings. The van der Waals surface area contributed by atoms with Gasteiger partial charge in [0.05, 0.1) is 11.1 Å². The largest absolute Gasteiger partial charge is 0.737 e. The van der Waals surface area contributed by atoms with E-state index in [0.29, 0.717) is 22.8 Å². The molecule has 0 amide bonds. The van der Waals surface area contributed by atoms with Gasteiger partial charge in [-0.3, -0.25) is 4.98 Å². The van der Waals surface area contributed by atoms with Gasteiger partial charge in [-0.1, -0.05) is 32.0 Å². The number of nitrogens with zero attached hydrogens (tertiary/aromatic N) is 3. The van der Waals surface area contributed by atoms with Gasteiger partial charge in [0.15, 0.2) is 5.70 Å². The van der Waals surface area contributed by atoms with Crippen LogP contribution in [0.3, 0.4) is 0 Å². The smallest absolute Gasteiger partial charge is 0.393 e. The molecule has 32 heavy (non-hydrogen) atoms. The molecule has 1 aromatic carbocycles. The molecule has 5 rings (SSSR count). The molecule has 2 aromatic heterocycles. The van der Waals surface area contributed by atoms with E-state index in [1.165, 1.54) is 8.96 Å². The van der Waals surface area contributed by atoms with Gasteiger partial charge in [-0.05, 0) is 62.6 Å². The summed E-state index contributed by atoms with van der Waals surface area (Å²) in [7, 11) is 0. The lowest BCUT2D eigenvalue weighted by Crippen LogP contribution is -2.51. The molecule has 3 nitrogen and oxygen atoms in total. The molecule has 6 heteroatoms. The summed E-state index contributed by atoms with van der Waals surface area (Å²) in [5.74, 6) is 0. The monoisotopic (exact) mass is 431 g/mol. The van der Waals surface area contributed by atoms with Crippen LogP contribution in [-0.2, 0) is 6.42 Å². The van der Waals surface area contributed by atoms with Crippen molar-refractivity contribution in [1.82, 2.24) is 9.46 Å². The van der Waals surface area contributed by atoms with Gasteiger partial charge < -0.3 is 17.6 Å². The molecule has 0 unspecified atom stereocenters. The van der Waals surface area contributed by atoms with Gasteiger partial charge >= 0.3 is 6.97 Å². The second kappa shape index (κ2) is 6.99. The second-order valence-electron chi connectivity index (χ2n) is 8.90. The molecule has 0 fully saturated rings. The zero-order chi connectivity index (χ0) is 22.9. The van der Waals surface area contributed by atoms with E-state index in [4.69, 9.17) is 0 Å². The van der Waals surface area contributed by atoms with Crippen molar-refractivity contribution in [1.29, 1.82) is 0 Å². The number of allylic oxidation sites excluding steroid dienone is 2. The highest BCUT2D eigenvalue weighted by molar-refractivity contribution is 6.58. The zero-order valence-corrected chi connectivity index (χ0v) is 19.6. The van der Waals surface area contributed by atoms with Gasteiger partial charge in [0.1, 0.15) is 5.71 Å². The van der Waals surface area contributed by atoms with Crippen LogP contribution in [0.25, 0.3) is 16.5 Å². The van der Waals surface area contributed by atoms with Crippen molar-refractivity contribution in [2.75, 3.05) is 0 Å². The lowest BCUT2D eigenvalue weighted by molar-refractivity contribution is -0.363. The Kier molecular flexibility index (Phi) is 4.56. The first-order chi connectivity index (χ1) is 15.2. The van der Waals surface area contributed by atoms with E-state index in [1.807, 2.05) is 72.0 Å². The van der Waals surface area contributed by atoms with Crippen LogP contribution in [0.5, 0.6) is 0 Å². The highest BCUT2D eigenvalue weighted by atomic mass is 19.2. The molecule has 0 atom stereocenters. The lowest BCUT2D eigenvalue weighted by atomic mass is 9.84. The molecule has 2 aliphatic heterocycles. The summed E-state index contributed by atoms with van der Waals surface area (Å²) in [6.45, 7) is 7.71. The van der Waals surface area contributed by atoms with Crippen LogP contribution < -0.4 is 0 Å². The van der Waals surface area contributed by atoms with Crippen molar-refractivity contribution in [2.45, 2.75) is 54.4 Å². The Hall–Kier alpha value is -3.02. The minimum atomic E-state index is -4.00. The van der Waals surface area contributed by atoms with Gasteiger partial charge in [0, 0.05) is 40.9 Å². The minimum absolute atomic E-state index is 0.636. The van der Waals surface area contributed by atoms with E-state index in [9.17, 15) is 0 Å². The molecule has 0 aliphatic carbocycles. The number of rotatable bonds is 3. The first-order valence-corrected chi connectivity index (χ1v) is 11.4. The number of fused-ring (bicyclic) bond motifs is 3. The van der Waals surface area contributed by atoms with Crippen molar-refractivity contribution in [3.05, 3.63) is 81.5 Å². The van der Waals surface area contributed by atoms with Gasteiger partial charge in [-0.15, -0.1) is 0 Å². The van der Waals surface area contributed by atoms with E-state index in [0.717, 1.165) is 57.2 Å². The molecular weight excluding hydrogens is 403 g/mol. The summed E-state index contributed by atoms with van der Waals surface area (Å²) in [6, 6.07) is 10.0. The van der Waals surface area contributed by atoms with Crippen LogP contribution in [0.4, 0.5) is 8.63 Å². The molecule has 4 heterocycles. The van der Waals surface area contributed by atoms with Crippen molar-refractivity contribution in [3.63, 3.8) is 0 Å². The topological polar surface area (TPSA) is 20.8 Å². The number of aromatic nitrogens is 2. The predicted molar refractivity (Wildman–Crippen MR) is 128 cm³/mol. The van der Waals surface area contributed by atoms with Crippen molar-refractivity contribution in [3.8, 4) is 0 Å². The van der Waals surface area contributed by atoms with Crippen LogP contribution in [0.1, 0.15) is 62.2 Å². The summed E-state index contributed by atoms with van der Waals surface area (Å²) >= 11 is 0. The first-order valence-electron chi connectivity index (χ1n) is 11.4. The van der Waals surface area contributed by atoms with Gasteiger partial charge in [-0.25, -0.2) is 0 Å². The van der Waals surface area contributed by atoms with E-state index in [2.05, 4.69) is 11.1 Å². The lowest BCUT2D eigenvalue weighted by Gasteiger charge is -2.34. The van der Waals surface area contributed by atoms with Crippen LogP contribution >= 0.6 is 0 Å². The minimum Gasteiger partial charge on any atom is -0.393 e. The third kappa shape index (κ3) is 2.52. The van der Waals surface area contributed by atoms with Crippen LogP contribution in [-0.4, -0.2) is 26.6 Å². The van der Waals surface area contributed by atoms with E-state index >= 15 is 8.63 Å². The van der Waals surface area contributed by atoms with Gasteiger partial charge in [0.25, 0.3) is 0 Å². The molecule has 0 radical (unpaired) electrons. The SMILES string of the molecule is CCC1=C(C)C2=C(c3cnc4ccccc4c3)c3c(C)c(CC)c(C)n3[B-](F)(F)[N+]2=C1C. The van der Waals surface area contributed by atoms with E-state index in [1.54, 1.807) is 0 Å². The number of pyridine rings is 1. The Balaban J connectivity index is 1.97. The van der Waals surface area contributed by atoms with E-state index in [-0.39, 0.29) is 0 Å². The van der Waals surface area contributed by atoms with Crippen LogP contribution in [0, 0.1) is 13.8 Å².